The zero-order valence-corrected chi connectivity index (χ0v) is 12.0. The molecular formula is C14H20N2O4. The maximum atomic E-state index is 10.9. The van der Waals surface area contributed by atoms with Crippen molar-refractivity contribution in [2.75, 3.05) is 19.0 Å². The summed E-state index contributed by atoms with van der Waals surface area (Å²) in [6, 6.07) is 5.14. The summed E-state index contributed by atoms with van der Waals surface area (Å²) in [7, 11) is 1.43. The molecule has 1 aromatic carbocycles. The van der Waals surface area contributed by atoms with Gasteiger partial charge in [-0.15, -0.1) is 0 Å². The van der Waals surface area contributed by atoms with Crippen LogP contribution in [0.4, 0.5) is 11.4 Å². The number of benzene rings is 1. The highest BCUT2D eigenvalue weighted by Gasteiger charge is 2.29. The Morgan fingerprint density at radius 3 is 2.85 bits per heavy atom. The number of nitro benzene ring substituents is 1. The molecule has 110 valence electrons. The average Bonchev–Trinajstić information content (AvgIpc) is 2.37. The second-order valence-electron chi connectivity index (χ2n) is 5.59. The summed E-state index contributed by atoms with van der Waals surface area (Å²) in [5, 5.41) is 14.3. The maximum absolute atomic E-state index is 10.9. The average molecular weight is 280 g/mol. The fourth-order valence-corrected chi connectivity index (χ4v) is 2.51. The van der Waals surface area contributed by atoms with Crippen LogP contribution in [0.2, 0.25) is 0 Å². The molecule has 1 unspecified atom stereocenters. The highest BCUT2D eigenvalue weighted by Crippen LogP contribution is 2.32. The van der Waals surface area contributed by atoms with Gasteiger partial charge in [0.05, 0.1) is 17.6 Å². The van der Waals surface area contributed by atoms with Crippen LogP contribution in [0.25, 0.3) is 0 Å². The quantitative estimate of drug-likeness (QED) is 0.678. The van der Waals surface area contributed by atoms with E-state index in [1.165, 1.54) is 13.2 Å². The predicted molar refractivity (Wildman–Crippen MR) is 76.3 cm³/mol. The van der Waals surface area contributed by atoms with Crippen molar-refractivity contribution < 1.29 is 14.4 Å². The topological polar surface area (TPSA) is 73.6 Å². The van der Waals surface area contributed by atoms with E-state index in [4.69, 9.17) is 9.47 Å². The Morgan fingerprint density at radius 1 is 1.50 bits per heavy atom. The minimum Gasteiger partial charge on any atom is -0.490 e. The molecule has 0 amide bonds. The smallest absolute Gasteiger partial charge is 0.311 e. The Labute approximate surface area is 118 Å². The van der Waals surface area contributed by atoms with Crippen molar-refractivity contribution in [3.8, 4) is 5.75 Å². The fraction of sp³-hybridized carbons (Fsp3) is 0.571. The van der Waals surface area contributed by atoms with Crippen LogP contribution in [0.15, 0.2) is 18.2 Å². The van der Waals surface area contributed by atoms with Crippen molar-refractivity contribution in [1.82, 2.24) is 0 Å². The lowest BCUT2D eigenvalue weighted by molar-refractivity contribution is -0.385. The highest BCUT2D eigenvalue weighted by molar-refractivity contribution is 5.58. The molecule has 1 aromatic rings. The van der Waals surface area contributed by atoms with Crippen LogP contribution in [0.5, 0.6) is 5.75 Å². The number of hydrogen-bond donors (Lipinski definition) is 1. The lowest BCUT2D eigenvalue weighted by atomic mass is 9.94. The normalized spacial score (nSPS) is 21.2. The third-order valence-electron chi connectivity index (χ3n) is 3.44. The first kappa shape index (κ1) is 14.6. The Kier molecular flexibility index (Phi) is 4.13. The molecule has 0 aliphatic carbocycles. The Morgan fingerprint density at radius 2 is 2.25 bits per heavy atom. The standard InChI is InChI=1S/C14H20N2O4/c1-14(2)9-11(6-7-20-14)15-10-4-5-12(16(17)18)13(8-10)19-3/h4-5,8,11,15H,6-7,9H2,1-3H3. The van der Waals surface area contributed by atoms with Gasteiger partial charge in [-0.3, -0.25) is 10.1 Å². The van der Waals surface area contributed by atoms with Gasteiger partial charge in [-0.2, -0.15) is 0 Å². The largest absolute Gasteiger partial charge is 0.490 e. The van der Waals surface area contributed by atoms with Gasteiger partial charge in [0.2, 0.25) is 0 Å². The van der Waals surface area contributed by atoms with E-state index in [0.29, 0.717) is 6.04 Å². The van der Waals surface area contributed by atoms with E-state index in [1.807, 2.05) is 0 Å². The van der Waals surface area contributed by atoms with E-state index in [1.54, 1.807) is 12.1 Å². The van der Waals surface area contributed by atoms with Crippen molar-refractivity contribution in [3.63, 3.8) is 0 Å². The Balaban J connectivity index is 2.12. The predicted octanol–water partition coefficient (Wildman–Crippen LogP) is 2.97. The number of ether oxygens (including phenoxy) is 2. The van der Waals surface area contributed by atoms with Gasteiger partial charge in [0.15, 0.2) is 5.75 Å². The summed E-state index contributed by atoms with van der Waals surface area (Å²) in [6.07, 6.45) is 1.81. The summed E-state index contributed by atoms with van der Waals surface area (Å²) < 4.78 is 10.7. The Bertz CT molecular complexity index is 502. The second kappa shape index (κ2) is 5.66. The van der Waals surface area contributed by atoms with Crippen molar-refractivity contribution in [2.45, 2.75) is 38.3 Å². The zero-order valence-electron chi connectivity index (χ0n) is 12.0. The molecule has 0 saturated carbocycles. The number of anilines is 1. The molecule has 1 fully saturated rings. The molecule has 0 aromatic heterocycles. The van der Waals surface area contributed by atoms with Crippen LogP contribution in [0, 0.1) is 10.1 Å². The summed E-state index contributed by atoms with van der Waals surface area (Å²) in [5.74, 6) is 0.270. The molecule has 20 heavy (non-hydrogen) atoms. The second-order valence-corrected chi connectivity index (χ2v) is 5.59. The summed E-state index contributed by atoms with van der Waals surface area (Å²) in [6.45, 7) is 4.85. The molecule has 1 N–H and O–H groups in total. The number of nitrogens with one attached hydrogen (secondary N) is 1. The van der Waals surface area contributed by atoms with Crippen molar-refractivity contribution >= 4 is 11.4 Å². The molecular weight excluding hydrogens is 260 g/mol. The molecule has 1 atom stereocenters. The van der Waals surface area contributed by atoms with Crippen LogP contribution in [-0.4, -0.2) is 30.3 Å². The third kappa shape index (κ3) is 3.39. The Hall–Kier alpha value is -1.82. The van der Waals surface area contributed by atoms with Crippen LogP contribution in [0.3, 0.4) is 0 Å². The van der Waals surface area contributed by atoms with E-state index < -0.39 is 4.92 Å². The molecule has 0 radical (unpaired) electrons. The van der Waals surface area contributed by atoms with Gasteiger partial charge in [-0.05, 0) is 32.8 Å². The van der Waals surface area contributed by atoms with Crippen molar-refractivity contribution in [3.05, 3.63) is 28.3 Å². The van der Waals surface area contributed by atoms with Crippen LogP contribution in [-0.2, 0) is 4.74 Å². The summed E-state index contributed by atoms with van der Waals surface area (Å²) >= 11 is 0. The molecule has 6 heteroatoms. The number of nitro groups is 1. The first-order chi connectivity index (χ1) is 9.41. The van der Waals surface area contributed by atoms with Gasteiger partial charge in [0.1, 0.15) is 0 Å². The molecule has 1 aliphatic rings. The van der Waals surface area contributed by atoms with E-state index in [-0.39, 0.29) is 17.0 Å². The third-order valence-corrected chi connectivity index (χ3v) is 3.44. The van der Waals surface area contributed by atoms with E-state index in [0.717, 1.165) is 25.1 Å². The number of nitrogens with zero attached hydrogens (tertiary/aromatic N) is 1. The van der Waals surface area contributed by atoms with Gasteiger partial charge < -0.3 is 14.8 Å². The first-order valence-corrected chi connectivity index (χ1v) is 6.64. The molecule has 1 heterocycles. The monoisotopic (exact) mass is 280 g/mol. The lowest BCUT2D eigenvalue weighted by Crippen LogP contribution is -2.40. The van der Waals surface area contributed by atoms with Crippen LogP contribution >= 0.6 is 0 Å². The SMILES string of the molecule is COc1cc(NC2CCOC(C)(C)C2)ccc1[N+](=O)[O-]. The van der Waals surface area contributed by atoms with E-state index in [2.05, 4.69) is 19.2 Å². The van der Waals surface area contributed by atoms with Gasteiger partial charge in [-0.25, -0.2) is 0 Å². The number of rotatable bonds is 4. The highest BCUT2D eigenvalue weighted by atomic mass is 16.6. The molecule has 2 rings (SSSR count). The van der Waals surface area contributed by atoms with E-state index in [9.17, 15) is 10.1 Å². The fourth-order valence-electron chi connectivity index (χ4n) is 2.51. The minimum absolute atomic E-state index is 0.0228. The van der Waals surface area contributed by atoms with E-state index >= 15 is 0 Å². The molecule has 0 bridgehead atoms. The van der Waals surface area contributed by atoms with Crippen molar-refractivity contribution in [1.29, 1.82) is 0 Å². The maximum Gasteiger partial charge on any atom is 0.311 e. The number of methoxy groups -OCH3 is 1. The van der Waals surface area contributed by atoms with Crippen LogP contribution < -0.4 is 10.1 Å². The molecule has 1 aliphatic heterocycles. The lowest BCUT2D eigenvalue weighted by Gasteiger charge is -2.36. The van der Waals surface area contributed by atoms with Crippen LogP contribution in [0.1, 0.15) is 26.7 Å². The molecule has 0 spiro atoms. The zero-order chi connectivity index (χ0) is 14.8. The molecule has 1 saturated heterocycles. The molecule has 6 nitrogen and oxygen atoms in total. The first-order valence-electron chi connectivity index (χ1n) is 6.64. The van der Waals surface area contributed by atoms with Gasteiger partial charge in [-0.1, -0.05) is 0 Å². The minimum atomic E-state index is -0.444. The van der Waals surface area contributed by atoms with Gasteiger partial charge >= 0.3 is 5.69 Å². The number of hydrogen-bond acceptors (Lipinski definition) is 5. The summed E-state index contributed by atoms with van der Waals surface area (Å²) in [4.78, 5) is 10.4. The van der Waals surface area contributed by atoms with Crippen molar-refractivity contribution in [2.24, 2.45) is 0 Å². The summed E-state index contributed by atoms with van der Waals surface area (Å²) in [5.41, 5.74) is 0.668. The van der Waals surface area contributed by atoms with Gasteiger partial charge in [0.25, 0.3) is 0 Å². The van der Waals surface area contributed by atoms with Gasteiger partial charge in [0, 0.05) is 30.5 Å².